The van der Waals surface area contributed by atoms with E-state index in [4.69, 9.17) is 16.2 Å². The van der Waals surface area contributed by atoms with Crippen molar-refractivity contribution in [2.24, 2.45) is 0 Å². The number of aromatic nitrogens is 3. The molecule has 0 fully saturated rings. The number of pyridine rings is 1. The average Bonchev–Trinajstić information content (AvgIpc) is 2.94. The summed E-state index contributed by atoms with van der Waals surface area (Å²) in [6, 6.07) is 8.40. The van der Waals surface area contributed by atoms with Crippen LogP contribution in [0.1, 0.15) is 11.3 Å². The third-order valence-electron chi connectivity index (χ3n) is 3.91. The van der Waals surface area contributed by atoms with E-state index in [9.17, 15) is 13.2 Å². The number of nitrogen functional groups attached to an aromatic ring is 2. The molecule has 6 nitrogen and oxygen atoms in total. The molecule has 10 heteroatoms. The fraction of sp³-hybridized carbons (Fsp3) is 0.176. The summed E-state index contributed by atoms with van der Waals surface area (Å²) in [7, 11) is 1.53. The molecule has 2 heterocycles. The van der Waals surface area contributed by atoms with Gasteiger partial charge in [-0.05, 0) is 39.7 Å². The SMILES string of the molecule is COc1ccc(Cn2nc(C(F)(F)F)c(N)c2-c2cc(Br)ncc2N)cc1. The van der Waals surface area contributed by atoms with Gasteiger partial charge < -0.3 is 16.2 Å². The molecule has 0 saturated carbocycles. The predicted octanol–water partition coefficient (Wildman–Crippen LogP) is 3.95. The van der Waals surface area contributed by atoms with Crippen molar-refractivity contribution in [2.75, 3.05) is 18.6 Å². The van der Waals surface area contributed by atoms with E-state index < -0.39 is 17.6 Å². The molecule has 142 valence electrons. The van der Waals surface area contributed by atoms with E-state index in [2.05, 4.69) is 26.0 Å². The zero-order chi connectivity index (χ0) is 19.8. The Morgan fingerprint density at radius 3 is 2.44 bits per heavy atom. The first-order chi connectivity index (χ1) is 12.7. The zero-order valence-electron chi connectivity index (χ0n) is 14.1. The number of nitrogens with two attached hydrogens (primary N) is 2. The van der Waals surface area contributed by atoms with Gasteiger partial charge in [0.2, 0.25) is 0 Å². The topological polar surface area (TPSA) is 92.0 Å². The maximum Gasteiger partial charge on any atom is 0.437 e. The molecule has 0 aliphatic rings. The summed E-state index contributed by atoms with van der Waals surface area (Å²) < 4.78 is 46.7. The van der Waals surface area contributed by atoms with Crippen molar-refractivity contribution in [3.05, 3.63) is 52.4 Å². The standard InChI is InChI=1S/C17H15BrF3N5O/c1-27-10-4-2-9(3-5-10)8-26-15(11-6-13(18)24-7-12(11)22)14(23)16(25-26)17(19,20)21/h2-7H,8,22-23H2,1H3. The van der Waals surface area contributed by atoms with Crippen LogP contribution >= 0.6 is 15.9 Å². The second kappa shape index (κ2) is 7.10. The van der Waals surface area contributed by atoms with Gasteiger partial charge in [0, 0.05) is 5.56 Å². The van der Waals surface area contributed by atoms with Crippen LogP contribution in [-0.2, 0) is 12.7 Å². The Kier molecular flexibility index (Phi) is 5.01. The van der Waals surface area contributed by atoms with E-state index in [-0.39, 0.29) is 17.9 Å². The molecule has 0 radical (unpaired) electrons. The van der Waals surface area contributed by atoms with Crippen LogP contribution in [0.3, 0.4) is 0 Å². The third kappa shape index (κ3) is 3.85. The molecule has 0 saturated heterocycles. The highest BCUT2D eigenvalue weighted by atomic mass is 79.9. The van der Waals surface area contributed by atoms with E-state index in [1.165, 1.54) is 24.1 Å². The maximum absolute atomic E-state index is 13.3. The molecular weight excluding hydrogens is 427 g/mol. The maximum atomic E-state index is 13.3. The van der Waals surface area contributed by atoms with Crippen molar-refractivity contribution in [1.82, 2.24) is 14.8 Å². The van der Waals surface area contributed by atoms with Crippen LogP contribution in [0.15, 0.2) is 41.1 Å². The molecule has 1 aromatic carbocycles. The molecule has 4 N–H and O–H groups in total. The largest absolute Gasteiger partial charge is 0.497 e. The highest BCUT2D eigenvalue weighted by Crippen LogP contribution is 2.40. The Bertz CT molecular complexity index is 970. The number of hydrogen-bond acceptors (Lipinski definition) is 5. The van der Waals surface area contributed by atoms with Gasteiger partial charge >= 0.3 is 6.18 Å². The van der Waals surface area contributed by atoms with Crippen molar-refractivity contribution in [3.63, 3.8) is 0 Å². The normalized spacial score (nSPS) is 11.6. The summed E-state index contributed by atoms with van der Waals surface area (Å²) in [6.07, 6.45) is -3.35. The van der Waals surface area contributed by atoms with Crippen LogP contribution in [0, 0.1) is 0 Å². The Morgan fingerprint density at radius 1 is 1.19 bits per heavy atom. The lowest BCUT2D eigenvalue weighted by Crippen LogP contribution is -2.10. The number of benzene rings is 1. The number of nitrogens with zero attached hydrogens (tertiary/aromatic N) is 3. The lowest BCUT2D eigenvalue weighted by Gasteiger charge is -2.11. The Morgan fingerprint density at radius 2 is 1.85 bits per heavy atom. The highest BCUT2D eigenvalue weighted by molar-refractivity contribution is 9.10. The highest BCUT2D eigenvalue weighted by Gasteiger charge is 2.39. The number of alkyl halides is 3. The predicted molar refractivity (Wildman–Crippen MR) is 99.1 cm³/mol. The zero-order valence-corrected chi connectivity index (χ0v) is 15.7. The van der Waals surface area contributed by atoms with Gasteiger partial charge in [-0.1, -0.05) is 12.1 Å². The van der Waals surface area contributed by atoms with E-state index >= 15 is 0 Å². The number of anilines is 2. The van der Waals surface area contributed by atoms with Gasteiger partial charge in [-0.15, -0.1) is 0 Å². The van der Waals surface area contributed by atoms with E-state index in [0.717, 1.165) is 5.56 Å². The summed E-state index contributed by atoms with van der Waals surface area (Å²) in [5.41, 5.74) is 11.4. The monoisotopic (exact) mass is 441 g/mol. The lowest BCUT2D eigenvalue weighted by atomic mass is 10.1. The smallest absolute Gasteiger partial charge is 0.437 e. The summed E-state index contributed by atoms with van der Waals surface area (Å²) in [4.78, 5) is 3.97. The summed E-state index contributed by atoms with van der Waals surface area (Å²) in [6.45, 7) is 0.0684. The number of halogens is 4. The minimum Gasteiger partial charge on any atom is -0.497 e. The van der Waals surface area contributed by atoms with Crippen molar-refractivity contribution < 1.29 is 17.9 Å². The Labute approximate surface area is 161 Å². The Hall–Kier alpha value is -2.75. The van der Waals surface area contributed by atoms with Gasteiger partial charge in [0.1, 0.15) is 10.4 Å². The minimum atomic E-state index is -4.69. The second-order valence-electron chi connectivity index (χ2n) is 5.71. The molecular formula is C17H15BrF3N5O. The lowest BCUT2D eigenvalue weighted by molar-refractivity contribution is -0.140. The molecule has 2 aromatic heterocycles. The fourth-order valence-corrected chi connectivity index (χ4v) is 2.96. The van der Waals surface area contributed by atoms with E-state index in [0.29, 0.717) is 15.9 Å². The van der Waals surface area contributed by atoms with Crippen molar-refractivity contribution >= 4 is 27.3 Å². The molecule has 0 aliphatic carbocycles. The van der Waals surface area contributed by atoms with E-state index in [1.54, 1.807) is 24.3 Å². The first-order valence-corrected chi connectivity index (χ1v) is 8.47. The molecule has 0 spiro atoms. The molecule has 0 atom stereocenters. The van der Waals surface area contributed by atoms with Gasteiger partial charge in [0.15, 0.2) is 5.69 Å². The molecule has 0 bridgehead atoms. The first-order valence-electron chi connectivity index (χ1n) is 7.68. The summed E-state index contributed by atoms with van der Waals surface area (Å²) >= 11 is 3.20. The van der Waals surface area contributed by atoms with Crippen LogP contribution in [0.2, 0.25) is 0 Å². The van der Waals surface area contributed by atoms with Crippen molar-refractivity contribution in [3.8, 4) is 17.0 Å². The van der Waals surface area contributed by atoms with Crippen molar-refractivity contribution in [1.29, 1.82) is 0 Å². The number of ether oxygens (including phenoxy) is 1. The quantitative estimate of drug-likeness (QED) is 0.598. The molecule has 3 aromatic rings. The molecule has 0 amide bonds. The molecule has 0 aliphatic heterocycles. The molecule has 0 unspecified atom stereocenters. The van der Waals surface area contributed by atoms with Crippen LogP contribution < -0.4 is 16.2 Å². The van der Waals surface area contributed by atoms with Gasteiger partial charge in [-0.2, -0.15) is 18.3 Å². The van der Waals surface area contributed by atoms with Gasteiger partial charge in [-0.25, -0.2) is 4.98 Å². The van der Waals surface area contributed by atoms with Crippen molar-refractivity contribution in [2.45, 2.75) is 12.7 Å². The third-order valence-corrected chi connectivity index (χ3v) is 4.34. The Balaban J connectivity index is 2.15. The average molecular weight is 442 g/mol. The van der Waals surface area contributed by atoms with Crippen LogP contribution in [0.4, 0.5) is 24.5 Å². The summed E-state index contributed by atoms with van der Waals surface area (Å²) in [5, 5.41) is 3.71. The van der Waals surface area contributed by atoms with Crippen LogP contribution in [0.25, 0.3) is 11.3 Å². The summed E-state index contributed by atoms with van der Waals surface area (Å²) in [5.74, 6) is 0.636. The van der Waals surface area contributed by atoms with E-state index in [1.807, 2.05) is 0 Å². The second-order valence-corrected chi connectivity index (χ2v) is 6.52. The number of methoxy groups -OCH3 is 1. The van der Waals surface area contributed by atoms with Crippen LogP contribution in [0.5, 0.6) is 5.75 Å². The number of hydrogen-bond donors (Lipinski definition) is 2. The minimum absolute atomic E-state index is 0.0684. The fourth-order valence-electron chi connectivity index (χ4n) is 2.63. The first kappa shape index (κ1) is 19.0. The van der Waals surface area contributed by atoms with Gasteiger partial charge in [0.05, 0.1) is 36.9 Å². The molecule has 3 rings (SSSR count). The van der Waals surface area contributed by atoms with Crippen LogP contribution in [-0.4, -0.2) is 21.9 Å². The number of rotatable bonds is 4. The van der Waals surface area contributed by atoms with Gasteiger partial charge in [0.25, 0.3) is 0 Å². The van der Waals surface area contributed by atoms with Gasteiger partial charge in [-0.3, -0.25) is 4.68 Å². The molecule has 27 heavy (non-hydrogen) atoms.